The Hall–Kier alpha value is -1.95. The molecule has 1 unspecified atom stereocenters. The summed E-state index contributed by atoms with van der Waals surface area (Å²) >= 11 is 0. The minimum Gasteiger partial charge on any atom is -0.459 e. The highest BCUT2D eigenvalue weighted by Gasteiger charge is 2.43. The Balaban J connectivity index is 2.33. The number of hydrogen-bond donors (Lipinski definition) is 1. The first-order chi connectivity index (χ1) is 8.99. The predicted octanol–water partition coefficient (Wildman–Crippen LogP) is 0.0555. The maximum Gasteiger partial charge on any atom is 0.331 e. The molecular weight excluding hydrogens is 248 g/mol. The van der Waals surface area contributed by atoms with Gasteiger partial charge in [0, 0.05) is 13.0 Å². The van der Waals surface area contributed by atoms with Crippen LogP contribution in [0.1, 0.15) is 41.4 Å². The summed E-state index contributed by atoms with van der Waals surface area (Å²) in [5.74, 6) is -0.630. The van der Waals surface area contributed by atoms with E-state index in [0.29, 0.717) is 36.2 Å². The third kappa shape index (κ3) is 1.43. The lowest BCUT2D eigenvalue weighted by Gasteiger charge is -2.32. The fourth-order valence-corrected chi connectivity index (χ4v) is 2.73. The fourth-order valence-electron chi connectivity index (χ4n) is 2.73. The van der Waals surface area contributed by atoms with Gasteiger partial charge in [0.15, 0.2) is 5.78 Å². The molecule has 0 radical (unpaired) electrons. The number of Topliss-reactive ketones (excluding diaryl/α,β-unsaturated/α-hetero) is 1. The van der Waals surface area contributed by atoms with Gasteiger partial charge >= 0.3 is 5.97 Å². The summed E-state index contributed by atoms with van der Waals surface area (Å²) in [6, 6.07) is 1.59. The number of carbonyl (C=O) groups is 2. The molecule has 6 heteroatoms. The van der Waals surface area contributed by atoms with E-state index in [1.54, 1.807) is 13.0 Å². The van der Waals surface area contributed by atoms with E-state index in [-0.39, 0.29) is 17.9 Å². The molecule has 0 aliphatic carbocycles. The molecule has 2 N–H and O–H groups in total. The van der Waals surface area contributed by atoms with Gasteiger partial charge in [0.1, 0.15) is 12.1 Å². The summed E-state index contributed by atoms with van der Waals surface area (Å²) in [5, 5.41) is 0. The number of ketones is 1. The van der Waals surface area contributed by atoms with Crippen LogP contribution in [0.5, 0.6) is 0 Å². The molecule has 0 fully saturated rings. The van der Waals surface area contributed by atoms with E-state index in [0.717, 1.165) is 0 Å². The van der Waals surface area contributed by atoms with Crippen LogP contribution < -0.4 is 11.3 Å². The van der Waals surface area contributed by atoms with Crippen LogP contribution in [0, 0.1) is 0 Å². The number of hydrogen-bond acceptors (Lipinski definition) is 5. The molecule has 1 aromatic rings. The molecule has 0 amide bonds. The van der Waals surface area contributed by atoms with E-state index >= 15 is 0 Å². The van der Waals surface area contributed by atoms with Gasteiger partial charge in [-0.2, -0.15) is 0 Å². The lowest BCUT2D eigenvalue weighted by molar-refractivity contribution is -0.154. The Kier molecular flexibility index (Phi) is 2.40. The van der Waals surface area contributed by atoms with Crippen molar-refractivity contribution in [3.05, 3.63) is 33.2 Å². The van der Waals surface area contributed by atoms with Crippen LogP contribution in [0.3, 0.4) is 0 Å². The molecule has 1 atom stereocenters. The summed E-state index contributed by atoms with van der Waals surface area (Å²) in [4.78, 5) is 36.0. The zero-order valence-electron chi connectivity index (χ0n) is 10.6. The minimum absolute atomic E-state index is 0.0690. The first kappa shape index (κ1) is 12.1. The first-order valence-electron chi connectivity index (χ1n) is 6.25. The average Bonchev–Trinajstić information content (AvgIpc) is 2.77. The van der Waals surface area contributed by atoms with Gasteiger partial charge in [0.2, 0.25) is 0 Å². The van der Waals surface area contributed by atoms with Crippen LogP contribution in [0.4, 0.5) is 0 Å². The summed E-state index contributed by atoms with van der Waals surface area (Å²) < 4.78 is 6.46. The molecule has 3 heterocycles. The molecule has 1 aromatic heterocycles. The summed E-state index contributed by atoms with van der Waals surface area (Å²) in [7, 11) is 0. The molecule has 0 aromatic carbocycles. The number of cyclic esters (lactones) is 1. The van der Waals surface area contributed by atoms with Gasteiger partial charge in [-0.25, -0.2) is 4.79 Å². The SMILES string of the molecule is CCC1(N)C(=O)OCc2c1cc1n(c2=O)CCC1=O. The summed E-state index contributed by atoms with van der Waals surface area (Å²) in [6.07, 6.45) is 0.631. The minimum atomic E-state index is -1.33. The Morgan fingerprint density at radius 1 is 1.42 bits per heavy atom. The standard InChI is InChI=1S/C13H14N2O4/c1-2-13(14)8-5-9-10(16)3-4-15(9)11(17)7(8)6-19-12(13)18/h5H,2-4,6,14H2,1H3. The maximum absolute atomic E-state index is 12.3. The number of pyridine rings is 1. The Labute approximate surface area is 109 Å². The van der Waals surface area contributed by atoms with Crippen LogP contribution in [0.25, 0.3) is 0 Å². The molecule has 0 spiro atoms. The molecule has 0 saturated heterocycles. The van der Waals surface area contributed by atoms with Crippen LogP contribution in [-0.2, 0) is 28.2 Å². The molecule has 19 heavy (non-hydrogen) atoms. The number of aromatic nitrogens is 1. The highest BCUT2D eigenvalue weighted by atomic mass is 16.5. The molecular formula is C13H14N2O4. The largest absolute Gasteiger partial charge is 0.459 e. The van der Waals surface area contributed by atoms with Crippen LogP contribution >= 0.6 is 0 Å². The van der Waals surface area contributed by atoms with E-state index in [1.807, 2.05) is 0 Å². The van der Waals surface area contributed by atoms with Crippen LogP contribution in [0.2, 0.25) is 0 Å². The highest BCUT2D eigenvalue weighted by molar-refractivity contribution is 5.97. The normalized spacial score (nSPS) is 24.9. The predicted molar refractivity (Wildman–Crippen MR) is 65.6 cm³/mol. The van der Waals surface area contributed by atoms with Crippen molar-refractivity contribution in [1.29, 1.82) is 0 Å². The number of nitrogens with two attached hydrogens (primary N) is 1. The first-order valence-corrected chi connectivity index (χ1v) is 6.25. The van der Waals surface area contributed by atoms with Crippen molar-refractivity contribution in [3.63, 3.8) is 0 Å². The van der Waals surface area contributed by atoms with Gasteiger partial charge in [-0.05, 0) is 18.1 Å². The second-order valence-electron chi connectivity index (χ2n) is 4.95. The smallest absolute Gasteiger partial charge is 0.331 e. The zero-order chi connectivity index (χ0) is 13.8. The number of nitrogens with zero attached hydrogens (tertiary/aromatic N) is 1. The molecule has 0 saturated carbocycles. The van der Waals surface area contributed by atoms with Crippen molar-refractivity contribution in [1.82, 2.24) is 4.57 Å². The summed E-state index contributed by atoms with van der Waals surface area (Å²) in [5.41, 5.74) is 5.67. The van der Waals surface area contributed by atoms with Crippen LogP contribution in [-0.4, -0.2) is 16.3 Å². The van der Waals surface area contributed by atoms with Crippen molar-refractivity contribution in [3.8, 4) is 0 Å². The monoisotopic (exact) mass is 262 g/mol. The van der Waals surface area contributed by atoms with Gasteiger partial charge < -0.3 is 15.0 Å². The van der Waals surface area contributed by atoms with Gasteiger partial charge in [0.25, 0.3) is 5.56 Å². The number of carbonyl (C=O) groups excluding carboxylic acids is 2. The lowest BCUT2D eigenvalue weighted by Crippen LogP contribution is -2.51. The molecule has 100 valence electrons. The summed E-state index contributed by atoms with van der Waals surface area (Å²) in [6.45, 7) is 2.07. The number of esters is 1. The lowest BCUT2D eigenvalue weighted by atomic mass is 9.83. The Bertz CT molecular complexity index is 661. The van der Waals surface area contributed by atoms with E-state index in [2.05, 4.69) is 0 Å². The second-order valence-corrected chi connectivity index (χ2v) is 4.95. The third-order valence-electron chi connectivity index (χ3n) is 4.00. The van der Waals surface area contributed by atoms with E-state index in [4.69, 9.17) is 10.5 Å². The molecule has 2 aliphatic rings. The number of fused-ring (bicyclic) bond motifs is 2. The molecule has 0 bridgehead atoms. The van der Waals surface area contributed by atoms with Gasteiger partial charge in [-0.1, -0.05) is 6.92 Å². The Morgan fingerprint density at radius 3 is 2.84 bits per heavy atom. The van der Waals surface area contributed by atoms with E-state index in [1.165, 1.54) is 4.57 Å². The number of rotatable bonds is 1. The van der Waals surface area contributed by atoms with Gasteiger partial charge in [0.05, 0.1) is 11.3 Å². The average molecular weight is 262 g/mol. The molecule has 6 nitrogen and oxygen atoms in total. The van der Waals surface area contributed by atoms with Gasteiger partial charge in [-0.15, -0.1) is 0 Å². The molecule has 3 rings (SSSR count). The zero-order valence-corrected chi connectivity index (χ0v) is 10.6. The number of ether oxygens (including phenoxy) is 1. The quantitative estimate of drug-likeness (QED) is 0.722. The van der Waals surface area contributed by atoms with Crippen LogP contribution in [0.15, 0.2) is 10.9 Å². The second kappa shape index (κ2) is 3.77. The maximum atomic E-state index is 12.3. The van der Waals surface area contributed by atoms with Gasteiger partial charge in [-0.3, -0.25) is 9.59 Å². The Morgan fingerprint density at radius 2 is 2.16 bits per heavy atom. The third-order valence-corrected chi connectivity index (χ3v) is 4.00. The van der Waals surface area contributed by atoms with Crippen molar-refractivity contribution < 1.29 is 14.3 Å². The fraction of sp³-hybridized carbons (Fsp3) is 0.462. The van der Waals surface area contributed by atoms with E-state index < -0.39 is 11.5 Å². The van der Waals surface area contributed by atoms with Crippen molar-refractivity contribution in [2.75, 3.05) is 0 Å². The van der Waals surface area contributed by atoms with E-state index in [9.17, 15) is 14.4 Å². The van der Waals surface area contributed by atoms with Crippen molar-refractivity contribution >= 4 is 11.8 Å². The topological polar surface area (TPSA) is 91.4 Å². The highest BCUT2D eigenvalue weighted by Crippen LogP contribution is 2.32. The molecule has 2 aliphatic heterocycles. The van der Waals surface area contributed by atoms with Crippen molar-refractivity contribution in [2.24, 2.45) is 5.73 Å². The van der Waals surface area contributed by atoms with Crippen molar-refractivity contribution in [2.45, 2.75) is 38.5 Å².